The van der Waals surface area contributed by atoms with Crippen molar-refractivity contribution in [3.8, 4) is 5.75 Å². The fourth-order valence-electron chi connectivity index (χ4n) is 2.40. The van der Waals surface area contributed by atoms with E-state index in [2.05, 4.69) is 5.32 Å². The van der Waals surface area contributed by atoms with Gasteiger partial charge in [0.05, 0.1) is 13.0 Å². The number of nitrogens with one attached hydrogen (secondary N) is 1. The Bertz CT molecular complexity index is 669. The lowest BCUT2D eigenvalue weighted by atomic mass is 9.98. The standard InChI is InChI=1S/C18H21NO4S/c1-23-16-7-3-2-5-13(16)11-14(18(21)22)12-19-17(20)9-8-15-6-4-10-24-15/h2-7,10,14H,8-9,11-12H2,1H3,(H,19,20)(H,21,22). The molecule has 128 valence electrons. The van der Waals surface area contributed by atoms with Crippen molar-refractivity contribution >= 4 is 23.2 Å². The Morgan fingerprint density at radius 3 is 2.71 bits per heavy atom. The van der Waals surface area contributed by atoms with Crippen LogP contribution in [0.3, 0.4) is 0 Å². The van der Waals surface area contributed by atoms with Gasteiger partial charge in [-0.1, -0.05) is 24.3 Å². The largest absolute Gasteiger partial charge is 0.496 e. The average Bonchev–Trinajstić information content (AvgIpc) is 3.10. The molecule has 6 heteroatoms. The molecular weight excluding hydrogens is 326 g/mol. The van der Waals surface area contributed by atoms with Crippen molar-refractivity contribution in [1.82, 2.24) is 5.32 Å². The van der Waals surface area contributed by atoms with E-state index in [1.54, 1.807) is 24.5 Å². The number of para-hydroxylation sites is 1. The Hall–Kier alpha value is -2.34. The van der Waals surface area contributed by atoms with E-state index >= 15 is 0 Å². The van der Waals surface area contributed by atoms with Crippen molar-refractivity contribution < 1.29 is 19.4 Å². The highest BCUT2D eigenvalue weighted by Crippen LogP contribution is 2.21. The van der Waals surface area contributed by atoms with Crippen LogP contribution in [-0.4, -0.2) is 30.6 Å². The van der Waals surface area contributed by atoms with Crippen molar-refractivity contribution in [2.45, 2.75) is 19.3 Å². The fraction of sp³-hybridized carbons (Fsp3) is 0.333. The molecule has 2 rings (SSSR count). The number of amides is 1. The zero-order valence-corrected chi connectivity index (χ0v) is 14.3. The maximum absolute atomic E-state index is 11.9. The highest BCUT2D eigenvalue weighted by atomic mass is 32.1. The summed E-state index contributed by atoms with van der Waals surface area (Å²) in [7, 11) is 1.56. The third kappa shape index (κ3) is 5.38. The van der Waals surface area contributed by atoms with Crippen LogP contribution in [-0.2, 0) is 22.4 Å². The predicted molar refractivity (Wildman–Crippen MR) is 93.5 cm³/mol. The van der Waals surface area contributed by atoms with Crippen LogP contribution in [0.25, 0.3) is 0 Å². The molecular formula is C18H21NO4S. The Kier molecular flexibility index (Phi) is 6.81. The Morgan fingerprint density at radius 1 is 1.25 bits per heavy atom. The number of carbonyl (C=O) groups excluding carboxylic acids is 1. The zero-order chi connectivity index (χ0) is 17.4. The number of aryl methyl sites for hydroxylation is 1. The molecule has 2 aromatic rings. The number of benzene rings is 1. The molecule has 0 spiro atoms. The number of methoxy groups -OCH3 is 1. The van der Waals surface area contributed by atoms with E-state index in [1.165, 1.54) is 0 Å². The minimum atomic E-state index is -0.931. The van der Waals surface area contributed by atoms with E-state index in [-0.39, 0.29) is 12.5 Å². The van der Waals surface area contributed by atoms with Gasteiger partial charge in [-0.3, -0.25) is 9.59 Å². The number of thiophene rings is 1. The molecule has 1 unspecified atom stereocenters. The van der Waals surface area contributed by atoms with E-state index in [1.807, 2.05) is 35.7 Å². The lowest BCUT2D eigenvalue weighted by Crippen LogP contribution is -2.34. The van der Waals surface area contributed by atoms with Crippen LogP contribution in [0.2, 0.25) is 0 Å². The van der Waals surface area contributed by atoms with Crippen molar-refractivity contribution in [2.24, 2.45) is 5.92 Å². The molecule has 0 bridgehead atoms. The third-order valence-corrected chi connectivity index (χ3v) is 4.67. The van der Waals surface area contributed by atoms with Gasteiger partial charge in [-0.25, -0.2) is 0 Å². The SMILES string of the molecule is COc1ccccc1CC(CNC(=O)CCc1cccs1)C(=O)O. The summed E-state index contributed by atoms with van der Waals surface area (Å²) in [6.45, 7) is 0.108. The first-order chi connectivity index (χ1) is 11.6. The molecule has 5 nitrogen and oxygen atoms in total. The molecule has 0 saturated carbocycles. The summed E-state index contributed by atoms with van der Waals surface area (Å²) in [6, 6.07) is 11.3. The van der Waals surface area contributed by atoms with E-state index in [0.717, 1.165) is 10.4 Å². The second-order valence-corrected chi connectivity index (χ2v) is 6.47. The number of carboxylic acid groups (broad SMARTS) is 1. The molecule has 1 atom stereocenters. The summed E-state index contributed by atoms with van der Waals surface area (Å²) < 4.78 is 5.25. The highest BCUT2D eigenvalue weighted by Gasteiger charge is 2.20. The molecule has 2 N–H and O–H groups in total. The van der Waals surface area contributed by atoms with Gasteiger partial charge in [-0.15, -0.1) is 11.3 Å². The number of ether oxygens (including phenoxy) is 1. The number of carboxylic acids is 1. The zero-order valence-electron chi connectivity index (χ0n) is 13.5. The number of hydrogen-bond donors (Lipinski definition) is 2. The molecule has 0 saturated heterocycles. The van der Waals surface area contributed by atoms with Gasteiger partial charge in [-0.2, -0.15) is 0 Å². The number of aliphatic carboxylic acids is 1. The number of carbonyl (C=O) groups is 2. The summed E-state index contributed by atoms with van der Waals surface area (Å²) in [5.74, 6) is -1.09. The number of rotatable bonds is 9. The van der Waals surface area contributed by atoms with Crippen molar-refractivity contribution in [2.75, 3.05) is 13.7 Å². The Morgan fingerprint density at radius 2 is 2.04 bits per heavy atom. The van der Waals surface area contributed by atoms with Gasteiger partial charge in [-0.05, 0) is 35.9 Å². The van der Waals surface area contributed by atoms with Crippen LogP contribution >= 0.6 is 11.3 Å². The van der Waals surface area contributed by atoms with Gasteiger partial charge in [0.1, 0.15) is 5.75 Å². The normalized spacial score (nSPS) is 11.7. The van der Waals surface area contributed by atoms with Crippen LogP contribution in [0.4, 0.5) is 0 Å². The fourth-order valence-corrected chi connectivity index (χ4v) is 3.11. The van der Waals surface area contributed by atoms with Crippen LogP contribution in [0, 0.1) is 5.92 Å². The predicted octanol–water partition coefficient (Wildman–Crippen LogP) is 2.75. The molecule has 1 heterocycles. The molecule has 1 aromatic carbocycles. The summed E-state index contributed by atoms with van der Waals surface area (Å²) in [5, 5.41) is 14.1. The van der Waals surface area contributed by atoms with Gasteiger partial charge in [0.2, 0.25) is 5.91 Å². The lowest BCUT2D eigenvalue weighted by Gasteiger charge is -2.15. The topological polar surface area (TPSA) is 75.6 Å². The average molecular weight is 347 g/mol. The van der Waals surface area contributed by atoms with Crippen LogP contribution in [0.15, 0.2) is 41.8 Å². The van der Waals surface area contributed by atoms with E-state index < -0.39 is 11.9 Å². The van der Waals surface area contributed by atoms with E-state index in [0.29, 0.717) is 25.0 Å². The summed E-state index contributed by atoms with van der Waals surface area (Å²) in [6.07, 6.45) is 1.35. The molecule has 0 radical (unpaired) electrons. The highest BCUT2D eigenvalue weighted by molar-refractivity contribution is 7.09. The molecule has 24 heavy (non-hydrogen) atoms. The van der Waals surface area contributed by atoms with Gasteiger partial charge in [0, 0.05) is 17.8 Å². The van der Waals surface area contributed by atoms with Crippen molar-refractivity contribution in [1.29, 1.82) is 0 Å². The van der Waals surface area contributed by atoms with Crippen LogP contribution in [0.1, 0.15) is 16.9 Å². The minimum Gasteiger partial charge on any atom is -0.496 e. The maximum atomic E-state index is 11.9. The maximum Gasteiger partial charge on any atom is 0.308 e. The van der Waals surface area contributed by atoms with Gasteiger partial charge >= 0.3 is 5.97 Å². The van der Waals surface area contributed by atoms with Gasteiger partial charge < -0.3 is 15.2 Å². The van der Waals surface area contributed by atoms with E-state index in [9.17, 15) is 14.7 Å². The second-order valence-electron chi connectivity index (χ2n) is 5.43. The first-order valence-corrected chi connectivity index (χ1v) is 8.62. The second kappa shape index (κ2) is 9.08. The van der Waals surface area contributed by atoms with Crippen molar-refractivity contribution in [3.63, 3.8) is 0 Å². The number of hydrogen-bond acceptors (Lipinski definition) is 4. The lowest BCUT2D eigenvalue weighted by molar-refractivity contribution is -0.141. The molecule has 0 fully saturated rings. The molecule has 0 aliphatic carbocycles. The van der Waals surface area contributed by atoms with E-state index in [4.69, 9.17) is 4.74 Å². The van der Waals surface area contributed by atoms with Gasteiger partial charge in [0.15, 0.2) is 0 Å². The summed E-state index contributed by atoms with van der Waals surface area (Å²) >= 11 is 1.61. The first kappa shape index (κ1) is 18.0. The smallest absolute Gasteiger partial charge is 0.308 e. The Balaban J connectivity index is 1.86. The third-order valence-electron chi connectivity index (χ3n) is 3.73. The quantitative estimate of drug-likeness (QED) is 0.731. The minimum absolute atomic E-state index is 0.108. The molecule has 1 aromatic heterocycles. The molecule has 1 amide bonds. The monoisotopic (exact) mass is 347 g/mol. The molecule has 0 aliphatic heterocycles. The molecule has 0 aliphatic rings. The summed E-state index contributed by atoms with van der Waals surface area (Å²) in [5.41, 5.74) is 0.820. The Labute approximate surface area is 145 Å². The first-order valence-electron chi connectivity index (χ1n) is 7.74. The van der Waals surface area contributed by atoms with Crippen molar-refractivity contribution in [3.05, 3.63) is 52.2 Å². The van der Waals surface area contributed by atoms with Crippen LogP contribution < -0.4 is 10.1 Å². The van der Waals surface area contributed by atoms with Gasteiger partial charge in [0.25, 0.3) is 0 Å². The summed E-state index contributed by atoms with van der Waals surface area (Å²) in [4.78, 5) is 24.5. The van der Waals surface area contributed by atoms with Crippen LogP contribution in [0.5, 0.6) is 5.75 Å².